The molecule has 2 rings (SSSR count). The van der Waals surface area contributed by atoms with E-state index in [0.717, 1.165) is 0 Å². The van der Waals surface area contributed by atoms with Gasteiger partial charge in [0.25, 0.3) is 11.6 Å². The van der Waals surface area contributed by atoms with Crippen molar-refractivity contribution in [3.8, 4) is 0 Å². The number of benzene rings is 2. The quantitative estimate of drug-likeness (QED) is 0.668. The lowest BCUT2D eigenvalue weighted by molar-refractivity contribution is -0.384. The molecule has 0 aliphatic heterocycles. The summed E-state index contributed by atoms with van der Waals surface area (Å²) < 4.78 is 14.2. The summed E-state index contributed by atoms with van der Waals surface area (Å²) in [5.74, 6) is -1.26. The number of aryl methyl sites for hydroxylation is 1. The van der Waals surface area contributed by atoms with Crippen LogP contribution in [0.5, 0.6) is 0 Å². The van der Waals surface area contributed by atoms with Crippen LogP contribution in [0, 0.1) is 22.9 Å². The van der Waals surface area contributed by atoms with Gasteiger partial charge in [0, 0.05) is 22.3 Å². The third-order valence-corrected chi connectivity index (χ3v) is 3.34. The molecule has 5 nitrogen and oxygen atoms in total. The number of amides is 1. The van der Waals surface area contributed by atoms with Gasteiger partial charge in [0.15, 0.2) is 0 Å². The number of hydrogen-bond acceptors (Lipinski definition) is 3. The highest BCUT2D eigenvalue weighted by Crippen LogP contribution is 2.23. The Morgan fingerprint density at radius 2 is 2.00 bits per heavy atom. The molecule has 0 fully saturated rings. The van der Waals surface area contributed by atoms with Crippen molar-refractivity contribution in [3.05, 3.63) is 67.9 Å². The molecule has 0 heterocycles. The van der Waals surface area contributed by atoms with E-state index in [1.807, 2.05) is 0 Å². The van der Waals surface area contributed by atoms with E-state index in [2.05, 4.69) is 21.2 Å². The van der Waals surface area contributed by atoms with Crippen LogP contribution >= 0.6 is 15.9 Å². The number of rotatable bonds is 3. The molecule has 2 aromatic carbocycles. The predicted molar refractivity (Wildman–Crippen MR) is 79.9 cm³/mol. The summed E-state index contributed by atoms with van der Waals surface area (Å²) >= 11 is 3.17. The average Bonchev–Trinajstić information content (AvgIpc) is 2.43. The number of nitro benzene ring substituents is 1. The van der Waals surface area contributed by atoms with Crippen LogP contribution < -0.4 is 5.32 Å². The van der Waals surface area contributed by atoms with Crippen molar-refractivity contribution in [2.24, 2.45) is 0 Å². The summed E-state index contributed by atoms with van der Waals surface area (Å²) in [6, 6.07) is 8.07. The van der Waals surface area contributed by atoms with Crippen molar-refractivity contribution in [2.45, 2.75) is 6.92 Å². The standard InChI is InChI=1S/C14H10BrFN2O3/c1-8-6-10(18(20)21)3-5-13(8)17-14(19)11-7-9(15)2-4-12(11)16/h2-7H,1H3,(H,17,19). The highest BCUT2D eigenvalue weighted by Gasteiger charge is 2.15. The van der Waals surface area contributed by atoms with Crippen LogP contribution in [0.15, 0.2) is 40.9 Å². The van der Waals surface area contributed by atoms with Crippen molar-refractivity contribution in [2.75, 3.05) is 5.32 Å². The van der Waals surface area contributed by atoms with Gasteiger partial charge in [0.1, 0.15) is 5.82 Å². The van der Waals surface area contributed by atoms with Crippen LogP contribution in [0.4, 0.5) is 15.8 Å². The Balaban J connectivity index is 2.27. The van der Waals surface area contributed by atoms with Crippen molar-refractivity contribution in [1.82, 2.24) is 0 Å². The van der Waals surface area contributed by atoms with Crippen molar-refractivity contribution in [3.63, 3.8) is 0 Å². The molecule has 1 N–H and O–H groups in total. The third-order valence-electron chi connectivity index (χ3n) is 2.84. The second-order valence-corrected chi connectivity index (χ2v) is 5.25. The Bertz CT molecular complexity index is 734. The number of carbonyl (C=O) groups excluding carboxylic acids is 1. The van der Waals surface area contributed by atoms with Gasteiger partial charge in [0.05, 0.1) is 10.5 Å². The van der Waals surface area contributed by atoms with E-state index in [0.29, 0.717) is 15.7 Å². The number of nitro groups is 1. The second-order valence-electron chi connectivity index (χ2n) is 4.33. The van der Waals surface area contributed by atoms with E-state index in [-0.39, 0.29) is 11.3 Å². The number of halogens is 2. The van der Waals surface area contributed by atoms with Gasteiger partial charge in [-0.3, -0.25) is 14.9 Å². The minimum Gasteiger partial charge on any atom is -0.322 e. The summed E-state index contributed by atoms with van der Waals surface area (Å²) in [4.78, 5) is 22.2. The maximum Gasteiger partial charge on any atom is 0.269 e. The first-order valence-electron chi connectivity index (χ1n) is 5.90. The molecule has 0 aliphatic rings. The molecule has 0 aromatic heterocycles. The molecule has 2 aromatic rings. The zero-order valence-electron chi connectivity index (χ0n) is 10.9. The molecule has 0 saturated carbocycles. The topological polar surface area (TPSA) is 72.2 Å². The number of nitrogens with one attached hydrogen (secondary N) is 1. The highest BCUT2D eigenvalue weighted by atomic mass is 79.9. The molecule has 108 valence electrons. The summed E-state index contributed by atoms with van der Waals surface area (Å²) in [6.45, 7) is 1.62. The number of anilines is 1. The van der Waals surface area contributed by atoms with Crippen LogP contribution in [-0.2, 0) is 0 Å². The fourth-order valence-corrected chi connectivity index (χ4v) is 2.12. The number of carbonyl (C=O) groups is 1. The van der Waals surface area contributed by atoms with Gasteiger partial charge in [-0.15, -0.1) is 0 Å². The molecule has 7 heteroatoms. The van der Waals surface area contributed by atoms with E-state index in [1.165, 1.54) is 36.4 Å². The van der Waals surface area contributed by atoms with E-state index < -0.39 is 16.6 Å². The fourth-order valence-electron chi connectivity index (χ4n) is 1.76. The van der Waals surface area contributed by atoms with E-state index >= 15 is 0 Å². The van der Waals surface area contributed by atoms with E-state index in [9.17, 15) is 19.3 Å². The van der Waals surface area contributed by atoms with Crippen LogP contribution in [0.25, 0.3) is 0 Å². The molecule has 0 saturated heterocycles. The molecule has 1 amide bonds. The SMILES string of the molecule is Cc1cc([N+](=O)[O-])ccc1NC(=O)c1cc(Br)ccc1F. The van der Waals surface area contributed by atoms with E-state index in [1.54, 1.807) is 6.92 Å². The number of hydrogen-bond donors (Lipinski definition) is 1. The van der Waals surface area contributed by atoms with Crippen LogP contribution in [-0.4, -0.2) is 10.8 Å². The Hall–Kier alpha value is -2.28. The normalized spacial score (nSPS) is 10.2. The Morgan fingerprint density at radius 3 is 2.62 bits per heavy atom. The van der Waals surface area contributed by atoms with Gasteiger partial charge in [0.2, 0.25) is 0 Å². The monoisotopic (exact) mass is 352 g/mol. The summed E-state index contributed by atoms with van der Waals surface area (Å²) in [5.41, 5.74) is 0.735. The van der Waals surface area contributed by atoms with Gasteiger partial charge in [-0.1, -0.05) is 15.9 Å². The minimum absolute atomic E-state index is 0.0702. The first-order chi connectivity index (χ1) is 9.88. The third kappa shape index (κ3) is 3.43. The second kappa shape index (κ2) is 6.01. The van der Waals surface area contributed by atoms with Crippen LogP contribution in [0.2, 0.25) is 0 Å². The molecule has 21 heavy (non-hydrogen) atoms. The Labute approximate surface area is 128 Å². The molecule has 0 atom stereocenters. The van der Waals surface area contributed by atoms with Gasteiger partial charge in [-0.05, 0) is 36.8 Å². The minimum atomic E-state index is -0.643. The average molecular weight is 353 g/mol. The molecular weight excluding hydrogens is 343 g/mol. The Kier molecular flexibility index (Phi) is 4.32. The maximum absolute atomic E-state index is 13.6. The van der Waals surface area contributed by atoms with Crippen molar-refractivity contribution in [1.29, 1.82) is 0 Å². The summed E-state index contributed by atoms with van der Waals surface area (Å²) in [7, 11) is 0. The van der Waals surface area contributed by atoms with Gasteiger partial charge >= 0.3 is 0 Å². The lowest BCUT2D eigenvalue weighted by Crippen LogP contribution is -2.14. The fraction of sp³-hybridized carbons (Fsp3) is 0.0714. The maximum atomic E-state index is 13.6. The van der Waals surface area contributed by atoms with Gasteiger partial charge in [-0.2, -0.15) is 0 Å². The lowest BCUT2D eigenvalue weighted by atomic mass is 10.1. The van der Waals surface area contributed by atoms with E-state index in [4.69, 9.17) is 0 Å². The molecule has 0 aliphatic carbocycles. The molecule has 0 radical (unpaired) electrons. The molecular formula is C14H10BrFN2O3. The van der Waals surface area contributed by atoms with Crippen molar-refractivity contribution < 1.29 is 14.1 Å². The zero-order valence-corrected chi connectivity index (χ0v) is 12.5. The zero-order chi connectivity index (χ0) is 15.6. The Morgan fingerprint density at radius 1 is 1.29 bits per heavy atom. The lowest BCUT2D eigenvalue weighted by Gasteiger charge is -2.09. The number of non-ortho nitro benzene ring substituents is 1. The predicted octanol–water partition coefficient (Wildman–Crippen LogP) is 4.06. The largest absolute Gasteiger partial charge is 0.322 e. The highest BCUT2D eigenvalue weighted by molar-refractivity contribution is 9.10. The molecule has 0 unspecified atom stereocenters. The molecule has 0 spiro atoms. The van der Waals surface area contributed by atoms with Crippen molar-refractivity contribution >= 4 is 33.2 Å². The summed E-state index contributed by atoms with van der Waals surface area (Å²) in [6.07, 6.45) is 0. The van der Waals surface area contributed by atoms with Gasteiger partial charge in [-0.25, -0.2) is 4.39 Å². The van der Waals surface area contributed by atoms with Crippen LogP contribution in [0.1, 0.15) is 15.9 Å². The summed E-state index contributed by atoms with van der Waals surface area (Å²) in [5, 5.41) is 13.2. The first-order valence-corrected chi connectivity index (χ1v) is 6.69. The smallest absolute Gasteiger partial charge is 0.269 e. The van der Waals surface area contributed by atoms with Crippen LogP contribution in [0.3, 0.4) is 0 Å². The molecule has 0 bridgehead atoms. The first kappa shape index (κ1) is 15.1. The van der Waals surface area contributed by atoms with Gasteiger partial charge < -0.3 is 5.32 Å². The number of nitrogens with zero attached hydrogens (tertiary/aromatic N) is 1.